The van der Waals surface area contributed by atoms with Crippen LogP contribution in [0.2, 0.25) is 0 Å². The summed E-state index contributed by atoms with van der Waals surface area (Å²) in [5.41, 5.74) is -0.0292. The molecule has 34 heavy (non-hydrogen) atoms. The number of methoxy groups -OCH3 is 2. The predicted octanol–water partition coefficient (Wildman–Crippen LogP) is 5.10. The van der Waals surface area contributed by atoms with Gasteiger partial charge in [-0.3, -0.25) is 0 Å². The Morgan fingerprint density at radius 2 is 1.76 bits per heavy atom. The summed E-state index contributed by atoms with van der Waals surface area (Å²) in [5.74, 6) is 1.57. The van der Waals surface area contributed by atoms with E-state index in [0.29, 0.717) is 42.6 Å². The van der Waals surface area contributed by atoms with Crippen LogP contribution in [-0.4, -0.2) is 51.7 Å². The number of fused-ring (bicyclic) bond motifs is 2. The van der Waals surface area contributed by atoms with Crippen molar-refractivity contribution in [3.63, 3.8) is 0 Å². The summed E-state index contributed by atoms with van der Waals surface area (Å²) in [5, 5.41) is 12.3. The minimum absolute atomic E-state index is 0.0784. The molecule has 1 N–H and O–H groups in total. The molecule has 0 amide bonds. The third-order valence-electron chi connectivity index (χ3n) is 9.12. The molecule has 2 aliphatic carbocycles. The highest BCUT2D eigenvalue weighted by Crippen LogP contribution is 2.68. The van der Waals surface area contributed by atoms with E-state index in [1.807, 2.05) is 19.1 Å². The maximum Gasteiger partial charge on any atom is 0.188 e. The molecule has 0 bridgehead atoms. The fourth-order valence-electron chi connectivity index (χ4n) is 7.19. The standard InChI is InChI=1S/C27H42O7/c1-7-31-20-11-10-19(32-17-29-5)22(23(20)30-6)24(28)26(4)18(2)12-14-25(3)21(26)9-8-13-27(25)33-15-16-34-27/h10-11,18,21,24,28H,7-9,12-17H2,1-6H3/t18-,21+,24?,25-,26+/m0/s1. The van der Waals surface area contributed by atoms with Crippen LogP contribution < -0.4 is 14.2 Å². The van der Waals surface area contributed by atoms with Crippen molar-refractivity contribution in [2.75, 3.05) is 40.8 Å². The molecule has 1 aromatic rings. The summed E-state index contributed by atoms with van der Waals surface area (Å²) in [4.78, 5) is 0. The molecule has 5 atom stereocenters. The monoisotopic (exact) mass is 478 g/mol. The van der Waals surface area contributed by atoms with Crippen LogP contribution in [0.3, 0.4) is 0 Å². The van der Waals surface area contributed by atoms with Gasteiger partial charge in [0, 0.05) is 24.4 Å². The van der Waals surface area contributed by atoms with Gasteiger partial charge in [0.2, 0.25) is 0 Å². The van der Waals surface area contributed by atoms with Crippen molar-refractivity contribution in [1.82, 2.24) is 0 Å². The lowest BCUT2D eigenvalue weighted by Crippen LogP contribution is -2.62. The van der Waals surface area contributed by atoms with Crippen LogP contribution >= 0.6 is 0 Å². The van der Waals surface area contributed by atoms with Gasteiger partial charge >= 0.3 is 0 Å². The minimum Gasteiger partial charge on any atom is -0.492 e. The summed E-state index contributed by atoms with van der Waals surface area (Å²) in [6.45, 7) is 10.6. The average Bonchev–Trinajstić information content (AvgIpc) is 3.31. The van der Waals surface area contributed by atoms with Gasteiger partial charge in [0.25, 0.3) is 0 Å². The molecule has 2 saturated carbocycles. The Morgan fingerprint density at radius 3 is 2.41 bits per heavy atom. The van der Waals surface area contributed by atoms with Crippen molar-refractivity contribution in [1.29, 1.82) is 0 Å². The number of aliphatic hydroxyl groups is 1. The van der Waals surface area contributed by atoms with Gasteiger partial charge in [0.15, 0.2) is 24.1 Å². The molecule has 7 nitrogen and oxygen atoms in total. The SMILES string of the molecule is CCOc1ccc(OCOC)c(C(O)[C@]2(C)[C@@H](C)CC[C@@]3(C)[C@H]2CCCC32OCCO2)c1OC. The molecule has 1 saturated heterocycles. The van der Waals surface area contributed by atoms with Gasteiger partial charge in [-0.25, -0.2) is 0 Å². The third kappa shape index (κ3) is 3.80. The Balaban J connectivity index is 1.83. The molecule has 1 heterocycles. The maximum atomic E-state index is 12.3. The quantitative estimate of drug-likeness (QED) is 0.521. The zero-order valence-electron chi connectivity index (χ0n) is 21.6. The number of aliphatic hydroxyl groups excluding tert-OH is 1. The van der Waals surface area contributed by atoms with E-state index in [1.165, 1.54) is 0 Å². The predicted molar refractivity (Wildman–Crippen MR) is 128 cm³/mol. The van der Waals surface area contributed by atoms with Crippen molar-refractivity contribution in [3.8, 4) is 17.2 Å². The van der Waals surface area contributed by atoms with E-state index >= 15 is 0 Å². The first-order valence-corrected chi connectivity index (χ1v) is 12.7. The van der Waals surface area contributed by atoms with Gasteiger partial charge in [-0.1, -0.05) is 20.8 Å². The maximum absolute atomic E-state index is 12.3. The smallest absolute Gasteiger partial charge is 0.188 e. The van der Waals surface area contributed by atoms with Crippen LogP contribution in [0, 0.1) is 22.7 Å². The molecular weight excluding hydrogens is 436 g/mol. The second kappa shape index (κ2) is 9.84. The van der Waals surface area contributed by atoms with Crippen molar-refractivity contribution in [3.05, 3.63) is 17.7 Å². The van der Waals surface area contributed by atoms with Crippen LogP contribution in [0.4, 0.5) is 0 Å². The van der Waals surface area contributed by atoms with Gasteiger partial charge in [0.1, 0.15) is 5.75 Å². The Hall–Kier alpha value is -1.54. The zero-order valence-corrected chi connectivity index (χ0v) is 21.6. The highest BCUT2D eigenvalue weighted by Gasteiger charge is 2.66. The summed E-state index contributed by atoms with van der Waals surface area (Å²) in [7, 11) is 3.20. The average molecular weight is 479 g/mol. The summed E-state index contributed by atoms with van der Waals surface area (Å²) in [6, 6.07) is 3.67. The number of ether oxygens (including phenoxy) is 6. The molecule has 1 aromatic carbocycles. The lowest BCUT2D eigenvalue weighted by molar-refractivity contribution is -0.305. The number of rotatable bonds is 8. The van der Waals surface area contributed by atoms with Crippen molar-refractivity contribution in [2.45, 2.75) is 71.7 Å². The first-order chi connectivity index (χ1) is 16.3. The van der Waals surface area contributed by atoms with E-state index in [9.17, 15) is 5.11 Å². The van der Waals surface area contributed by atoms with Crippen LogP contribution in [0.25, 0.3) is 0 Å². The van der Waals surface area contributed by atoms with E-state index < -0.39 is 17.3 Å². The van der Waals surface area contributed by atoms with Gasteiger partial charge in [-0.05, 0) is 56.6 Å². The summed E-state index contributed by atoms with van der Waals surface area (Å²) in [6.07, 6.45) is 4.10. The molecule has 0 aromatic heterocycles. The zero-order chi connectivity index (χ0) is 24.6. The number of benzene rings is 1. The highest BCUT2D eigenvalue weighted by molar-refractivity contribution is 5.55. The van der Waals surface area contributed by atoms with Crippen molar-refractivity contribution in [2.24, 2.45) is 22.7 Å². The van der Waals surface area contributed by atoms with E-state index in [4.69, 9.17) is 28.4 Å². The normalized spacial score (nSPS) is 33.4. The lowest BCUT2D eigenvalue weighted by atomic mass is 9.44. The molecule has 3 aliphatic rings. The van der Waals surface area contributed by atoms with Gasteiger partial charge in [0.05, 0.1) is 38.6 Å². The molecule has 192 valence electrons. The van der Waals surface area contributed by atoms with E-state index in [-0.39, 0.29) is 24.0 Å². The summed E-state index contributed by atoms with van der Waals surface area (Å²) >= 11 is 0. The Kier molecular flexibility index (Phi) is 7.40. The highest BCUT2D eigenvalue weighted by atomic mass is 16.7. The van der Waals surface area contributed by atoms with Gasteiger partial charge < -0.3 is 33.5 Å². The molecule has 1 spiro atoms. The van der Waals surface area contributed by atoms with Crippen LogP contribution in [0.1, 0.15) is 71.5 Å². The fraction of sp³-hybridized carbons (Fsp3) is 0.778. The largest absolute Gasteiger partial charge is 0.492 e. The van der Waals surface area contributed by atoms with E-state index in [0.717, 1.165) is 32.1 Å². The molecule has 0 radical (unpaired) electrons. The lowest BCUT2D eigenvalue weighted by Gasteiger charge is -2.63. The van der Waals surface area contributed by atoms with Crippen molar-refractivity contribution >= 4 is 0 Å². The second-order valence-electron chi connectivity index (χ2n) is 10.5. The van der Waals surface area contributed by atoms with Gasteiger partial charge in [-0.15, -0.1) is 0 Å². The molecule has 4 rings (SSSR count). The van der Waals surface area contributed by atoms with Gasteiger partial charge in [-0.2, -0.15) is 0 Å². The second-order valence-corrected chi connectivity index (χ2v) is 10.5. The molecule has 1 unspecified atom stereocenters. The van der Waals surface area contributed by atoms with Crippen LogP contribution in [0.5, 0.6) is 17.2 Å². The Morgan fingerprint density at radius 1 is 1.06 bits per heavy atom. The number of hydrogen-bond donors (Lipinski definition) is 1. The molecule has 1 aliphatic heterocycles. The van der Waals surface area contributed by atoms with Crippen LogP contribution in [0.15, 0.2) is 12.1 Å². The van der Waals surface area contributed by atoms with Crippen molar-refractivity contribution < 1.29 is 33.5 Å². The summed E-state index contributed by atoms with van der Waals surface area (Å²) < 4.78 is 35.5. The van der Waals surface area contributed by atoms with Crippen LogP contribution in [-0.2, 0) is 14.2 Å². The molecular formula is C27H42O7. The number of hydrogen-bond acceptors (Lipinski definition) is 7. The molecule has 7 heteroatoms. The van der Waals surface area contributed by atoms with E-state index in [2.05, 4.69) is 20.8 Å². The first-order valence-electron chi connectivity index (χ1n) is 12.7. The third-order valence-corrected chi connectivity index (χ3v) is 9.12. The Bertz CT molecular complexity index is 852. The minimum atomic E-state index is -0.842. The fourth-order valence-corrected chi connectivity index (χ4v) is 7.19. The Labute approximate surface area is 204 Å². The topological polar surface area (TPSA) is 75.6 Å². The molecule has 3 fully saturated rings. The first kappa shape index (κ1) is 25.5. The van der Waals surface area contributed by atoms with E-state index in [1.54, 1.807) is 14.2 Å².